The smallest absolute Gasteiger partial charge is 0.328 e. The summed E-state index contributed by atoms with van der Waals surface area (Å²) in [4.78, 5) is 67.6. The first-order chi connectivity index (χ1) is 47.8. The van der Waals surface area contributed by atoms with Gasteiger partial charge in [0.15, 0.2) is 23.0 Å². The Morgan fingerprint density at radius 2 is 0.981 bits per heavy atom. The number of ether oxygens (including phenoxy) is 6. The number of nitrogens with one attached hydrogen (secondary N) is 4. The number of amides is 4. The quantitative estimate of drug-likeness (QED) is 0.0230. The second-order valence-electron chi connectivity index (χ2n) is 28.1. The van der Waals surface area contributed by atoms with Crippen LogP contribution in [-0.2, 0) is 71.1 Å². The molecule has 103 heavy (non-hydrogen) atoms. The van der Waals surface area contributed by atoms with Crippen molar-refractivity contribution in [1.82, 2.24) is 15.4 Å². The van der Waals surface area contributed by atoms with E-state index in [1.807, 2.05) is 64.1 Å². The lowest BCUT2D eigenvalue weighted by Crippen LogP contribution is -2.46. The number of methoxy groups -OCH3 is 4. The first-order valence-corrected chi connectivity index (χ1v) is 37.5. The number of rotatable bonds is 41. The molecule has 1 aliphatic rings. The largest absolute Gasteiger partial charge is 0.493 e. The van der Waals surface area contributed by atoms with Crippen molar-refractivity contribution < 1.29 is 94.5 Å². The number of hydrogen-bond acceptors (Lipinski definition) is 21. The average molecular weight is 1520 g/mol. The number of aliphatic carboxylic acids is 2. The van der Waals surface area contributed by atoms with Crippen LogP contribution in [0.5, 0.6) is 23.0 Å². The van der Waals surface area contributed by atoms with Crippen molar-refractivity contribution in [1.29, 1.82) is 0 Å². The molecule has 1 aliphatic heterocycles. The van der Waals surface area contributed by atoms with Crippen LogP contribution in [0.2, 0.25) is 5.02 Å². The number of carboxylic acid groups (broad SMARTS) is 2. The molecule has 3 aromatic carbocycles. The van der Waals surface area contributed by atoms with E-state index in [1.54, 1.807) is 56.1 Å². The summed E-state index contributed by atoms with van der Waals surface area (Å²) in [5.74, 6) is -0.929. The second kappa shape index (κ2) is 45.5. The molecule has 32 heteroatoms. The molecule has 0 fully saturated rings. The van der Waals surface area contributed by atoms with E-state index in [4.69, 9.17) is 78.3 Å². The Balaban J connectivity index is 0.000000773. The maximum absolute atomic E-state index is 12.9. The zero-order valence-electron chi connectivity index (χ0n) is 62.7. The summed E-state index contributed by atoms with van der Waals surface area (Å²) >= 11 is 5.72. The molecule has 0 unspecified atom stereocenters. The predicted octanol–water partition coefficient (Wildman–Crippen LogP) is 5.95. The first-order valence-electron chi connectivity index (χ1n) is 34.1. The van der Waals surface area contributed by atoms with E-state index in [0.717, 1.165) is 42.9 Å². The molecule has 0 bridgehead atoms. The average Bonchev–Trinajstić information content (AvgIpc) is 0.770. The van der Waals surface area contributed by atoms with Gasteiger partial charge in [0.2, 0.25) is 43.7 Å². The molecule has 1 heterocycles. The summed E-state index contributed by atoms with van der Waals surface area (Å²) in [5.41, 5.74) is 24.6. The maximum atomic E-state index is 12.9. The van der Waals surface area contributed by atoms with Gasteiger partial charge in [-0.25, -0.2) is 31.6 Å². The molecular formula is C71H118ClN9O20S2. The Bertz CT molecular complexity index is 3270. The summed E-state index contributed by atoms with van der Waals surface area (Å²) in [7, 11) is -1.22. The number of primary amides is 2. The summed E-state index contributed by atoms with van der Waals surface area (Å²) in [6.45, 7) is 25.8. The molecular weight excluding hydrogens is 1400 g/mol. The Kier molecular flexibility index (Phi) is 41.5. The molecule has 4 rings (SSSR count). The number of aliphatic hydroxyl groups is 2. The van der Waals surface area contributed by atoms with E-state index < -0.39 is 95.7 Å². The van der Waals surface area contributed by atoms with E-state index in [0.29, 0.717) is 86.3 Å². The molecule has 8 atom stereocenters. The fourth-order valence-electron chi connectivity index (χ4n) is 10.3. The van der Waals surface area contributed by atoms with Crippen LogP contribution in [0, 0.1) is 58.2 Å². The van der Waals surface area contributed by atoms with Crippen molar-refractivity contribution in [2.45, 2.75) is 169 Å². The van der Waals surface area contributed by atoms with Crippen LogP contribution >= 0.6 is 11.6 Å². The number of hydrogen-bond donors (Lipinski definition) is 13. The lowest BCUT2D eigenvalue weighted by atomic mass is 9.80. The Hall–Kier alpha value is -6.91. The van der Waals surface area contributed by atoms with Gasteiger partial charge in [-0.2, -0.15) is 4.72 Å². The molecule has 0 aromatic heterocycles. The van der Waals surface area contributed by atoms with Gasteiger partial charge in [-0.15, -0.1) is 0 Å². The molecule has 586 valence electrons. The van der Waals surface area contributed by atoms with Gasteiger partial charge in [0, 0.05) is 89.4 Å². The van der Waals surface area contributed by atoms with Crippen LogP contribution in [0.25, 0.3) is 0 Å². The van der Waals surface area contributed by atoms with Crippen LogP contribution in [-0.4, -0.2) is 172 Å². The van der Waals surface area contributed by atoms with Gasteiger partial charge < -0.3 is 87.7 Å². The highest BCUT2D eigenvalue weighted by Crippen LogP contribution is 2.36. The van der Waals surface area contributed by atoms with Crippen molar-refractivity contribution in [3.8, 4) is 23.0 Å². The summed E-state index contributed by atoms with van der Waals surface area (Å²) < 4.78 is 80.9. The summed E-state index contributed by atoms with van der Waals surface area (Å²) in [5, 5.41) is 50.9. The Morgan fingerprint density at radius 3 is 1.29 bits per heavy atom. The zero-order valence-corrected chi connectivity index (χ0v) is 65.1. The highest BCUT2D eigenvalue weighted by atomic mass is 35.5. The number of sulfonamides is 2. The van der Waals surface area contributed by atoms with Crippen LogP contribution in [0.1, 0.15) is 133 Å². The molecule has 4 amide bonds. The third-order valence-corrected chi connectivity index (χ3v) is 20.3. The van der Waals surface area contributed by atoms with Gasteiger partial charge in [0.05, 0.1) is 67.8 Å². The van der Waals surface area contributed by atoms with Gasteiger partial charge >= 0.3 is 11.9 Å². The fraction of sp³-hybridized carbons (Fsp3) is 0.634. The number of halogens is 1. The highest BCUT2D eigenvalue weighted by molar-refractivity contribution is 7.90. The van der Waals surface area contributed by atoms with E-state index in [2.05, 4.69) is 48.4 Å². The van der Waals surface area contributed by atoms with E-state index >= 15 is 0 Å². The third kappa shape index (κ3) is 34.3. The molecule has 0 radical (unpaired) electrons. The van der Waals surface area contributed by atoms with E-state index in [1.165, 1.54) is 6.07 Å². The molecule has 0 saturated carbocycles. The van der Waals surface area contributed by atoms with Gasteiger partial charge in [0.25, 0.3) is 0 Å². The zero-order chi connectivity index (χ0) is 78.9. The minimum Gasteiger partial charge on any atom is -0.493 e. The highest BCUT2D eigenvalue weighted by Gasteiger charge is 2.35. The predicted molar refractivity (Wildman–Crippen MR) is 395 cm³/mol. The SMILES string of the molecule is COCCCOc1cc(C[C@@H](C[C@H](N)[C@@H](O)C[C@H](C(=O)NCC(C)(C)C(N)=O)C(C)C)C(C)C)ccc1OC.COCCCOc1cc(C[C@@H](C[C@H](N)[C@@H](O)C[C@H](C(=O)NCC(C)(C)C(N)=O)C(C)C)C(C)C)ccc1OC.NS(=O)(=O)c1cc2c(cc1Cl)NCNS2(=O)=O.O=C(O)/C=C/C(=O)O. The van der Waals surface area contributed by atoms with Crippen molar-refractivity contribution in [3.63, 3.8) is 0 Å². The number of benzene rings is 3. The molecule has 18 N–H and O–H groups in total. The number of aliphatic hydroxyl groups excluding tert-OH is 2. The van der Waals surface area contributed by atoms with Crippen molar-refractivity contribution in [2.75, 3.05) is 79.9 Å². The summed E-state index contributed by atoms with van der Waals surface area (Å²) in [6.07, 6.45) is 4.24. The lowest BCUT2D eigenvalue weighted by Gasteiger charge is -2.30. The number of nitrogens with two attached hydrogens (primary N) is 5. The van der Waals surface area contributed by atoms with Crippen molar-refractivity contribution in [3.05, 3.63) is 76.8 Å². The Morgan fingerprint density at radius 1 is 0.602 bits per heavy atom. The van der Waals surface area contributed by atoms with Crippen LogP contribution in [0.4, 0.5) is 5.69 Å². The minimum absolute atomic E-state index is 0.00829. The van der Waals surface area contributed by atoms with E-state index in [9.17, 15) is 55.8 Å². The maximum Gasteiger partial charge on any atom is 0.328 e. The Labute approximate surface area is 614 Å². The van der Waals surface area contributed by atoms with Crippen LogP contribution < -0.4 is 67.7 Å². The monoisotopic (exact) mass is 1520 g/mol. The minimum atomic E-state index is -4.07. The molecule has 0 spiro atoms. The van der Waals surface area contributed by atoms with Gasteiger partial charge in [0.1, 0.15) is 9.79 Å². The molecule has 3 aromatic rings. The number of primary sulfonamides is 1. The normalized spacial score (nSPS) is 15.2. The number of carboxylic acids is 2. The molecule has 0 saturated heterocycles. The lowest BCUT2D eigenvalue weighted by molar-refractivity contribution is -0.134. The number of fused-ring (bicyclic) bond motifs is 1. The van der Waals surface area contributed by atoms with Crippen LogP contribution in [0.15, 0.2) is 70.5 Å². The van der Waals surface area contributed by atoms with Crippen molar-refractivity contribution >= 4 is 72.9 Å². The fourth-order valence-corrected chi connectivity index (χ4v) is 12.6. The number of carbonyl (C=O) groups is 6. The van der Waals surface area contributed by atoms with Gasteiger partial charge in [-0.05, 0) is 149 Å². The van der Waals surface area contributed by atoms with Crippen molar-refractivity contribution in [2.24, 2.45) is 86.2 Å². The standard InChI is InChI=1S/2C30H53N3O6.C7H8ClN3O4S2.C4H4O4/c2*1-19(2)22(14-21-10-11-26(38-8)27(15-21)39-13-9-12-37-7)16-24(31)25(34)17-23(20(3)4)28(35)33-18-30(5,6)29(32)36;8-4-1-5-7(2-6(4)16(9,12)13)17(14,15)11-3-10-5;5-3(6)1-2-4(7)8/h2*10-11,15,19-20,22-25,34H,9,12-14,16-18,31H2,1-8H3,(H2,32,36)(H,33,35);1-2,10-11H,3H2,(H2,9,12,13);1-2H,(H,5,6)(H,7,8)/b;;;2-1+/t2*22-,23-,24-,25-;;/m00../s1. The summed E-state index contributed by atoms with van der Waals surface area (Å²) in [6, 6.07) is 13.1. The van der Waals surface area contributed by atoms with Crippen LogP contribution in [0.3, 0.4) is 0 Å². The number of anilines is 1. The third-order valence-electron chi connectivity index (χ3n) is 17.5. The topological polar surface area (TPSA) is 485 Å². The molecule has 0 aliphatic carbocycles. The van der Waals surface area contributed by atoms with E-state index in [-0.39, 0.29) is 83.7 Å². The second-order valence-corrected chi connectivity index (χ2v) is 31.8. The number of carbonyl (C=O) groups excluding carboxylic acids is 4. The molecule has 29 nitrogen and oxygen atoms in total. The van der Waals surface area contributed by atoms with Gasteiger partial charge in [-0.1, -0.05) is 79.1 Å². The van der Waals surface area contributed by atoms with Gasteiger partial charge in [-0.3, -0.25) is 19.2 Å². The first kappa shape index (κ1) is 94.1.